The third-order valence-corrected chi connectivity index (χ3v) is 6.43. The number of para-hydroxylation sites is 2. The fraction of sp³-hybridized carbons (Fsp3) is 0. The van der Waals surface area contributed by atoms with Gasteiger partial charge in [0, 0.05) is 47.2 Å². The molecule has 0 aliphatic heterocycles. The van der Waals surface area contributed by atoms with Crippen molar-refractivity contribution in [3.05, 3.63) is 134 Å². The molecule has 3 heterocycles. The zero-order valence-corrected chi connectivity index (χ0v) is 20.3. The van der Waals surface area contributed by atoms with Gasteiger partial charge in [0.05, 0.1) is 17.7 Å². The summed E-state index contributed by atoms with van der Waals surface area (Å²) in [6.07, 6.45) is 7.23. The Kier molecular flexibility index (Phi) is 5.33. The Morgan fingerprint density at radius 2 is 1.58 bits per heavy atom. The summed E-state index contributed by atoms with van der Waals surface area (Å²) in [5.41, 5.74) is 4.36. The molecule has 0 bridgehead atoms. The standard InChI is InChI=1S/C32H22N4O2/c1-2-9-23(10-3-1)36(31-15-6-7-16-34-31)25-20-28-27-13-4-5-14-29(27)38-32(28)30(21-25)37-26-12-8-11-24(19-26)35-18-17-33-22-35/h1-22H. The Morgan fingerprint density at radius 1 is 0.711 bits per heavy atom. The minimum Gasteiger partial charge on any atom is -0.453 e. The van der Waals surface area contributed by atoms with E-state index < -0.39 is 0 Å². The van der Waals surface area contributed by atoms with Crippen molar-refractivity contribution in [2.75, 3.05) is 4.90 Å². The van der Waals surface area contributed by atoms with E-state index in [1.165, 1.54) is 0 Å². The molecule has 4 aromatic carbocycles. The number of ether oxygens (including phenoxy) is 1. The van der Waals surface area contributed by atoms with Crippen molar-refractivity contribution in [3.63, 3.8) is 0 Å². The SMILES string of the molecule is c1ccc(N(c2cc(Oc3cccc(-n4ccnc4)c3)c3oc4ccccc4c3c2)c2ccccn2)cc1. The van der Waals surface area contributed by atoms with E-state index in [1.807, 2.05) is 95.7 Å². The molecular formula is C32H22N4O2. The lowest BCUT2D eigenvalue weighted by Gasteiger charge is -2.24. The van der Waals surface area contributed by atoms with Gasteiger partial charge < -0.3 is 13.7 Å². The molecule has 0 spiro atoms. The maximum absolute atomic E-state index is 6.55. The third kappa shape index (κ3) is 3.94. The highest BCUT2D eigenvalue weighted by Gasteiger charge is 2.20. The van der Waals surface area contributed by atoms with Gasteiger partial charge >= 0.3 is 0 Å². The average Bonchev–Trinajstić information content (AvgIpc) is 3.64. The topological polar surface area (TPSA) is 56.3 Å². The number of fused-ring (bicyclic) bond motifs is 3. The summed E-state index contributed by atoms with van der Waals surface area (Å²) in [5, 5.41) is 1.99. The first-order chi connectivity index (χ1) is 18.8. The first kappa shape index (κ1) is 21.9. The molecule has 0 fully saturated rings. The van der Waals surface area contributed by atoms with Crippen LogP contribution in [0.5, 0.6) is 11.5 Å². The summed E-state index contributed by atoms with van der Waals surface area (Å²) < 4.78 is 14.8. The van der Waals surface area contributed by atoms with Gasteiger partial charge in [-0.3, -0.25) is 4.90 Å². The number of imidazole rings is 1. The number of furan rings is 1. The molecular weight excluding hydrogens is 472 g/mol. The minimum absolute atomic E-state index is 0.619. The largest absolute Gasteiger partial charge is 0.453 e. The molecule has 0 aliphatic carbocycles. The Labute approximate surface area is 219 Å². The lowest BCUT2D eigenvalue weighted by Crippen LogP contribution is -2.11. The summed E-state index contributed by atoms with van der Waals surface area (Å²) in [6, 6.07) is 36.2. The minimum atomic E-state index is 0.619. The zero-order chi connectivity index (χ0) is 25.3. The van der Waals surface area contributed by atoms with Crippen LogP contribution in [0.15, 0.2) is 139 Å². The van der Waals surface area contributed by atoms with Crippen molar-refractivity contribution >= 4 is 39.1 Å². The van der Waals surface area contributed by atoms with Gasteiger partial charge in [-0.2, -0.15) is 0 Å². The summed E-state index contributed by atoms with van der Waals surface area (Å²) in [6.45, 7) is 0. The molecule has 6 heteroatoms. The molecule has 0 N–H and O–H groups in total. The monoisotopic (exact) mass is 494 g/mol. The number of aromatic nitrogens is 3. The smallest absolute Gasteiger partial charge is 0.178 e. The van der Waals surface area contributed by atoms with Gasteiger partial charge in [-0.05, 0) is 48.5 Å². The van der Waals surface area contributed by atoms with Crippen molar-refractivity contribution in [3.8, 4) is 17.2 Å². The lowest BCUT2D eigenvalue weighted by molar-refractivity contribution is 0.476. The Balaban J connectivity index is 1.43. The van der Waals surface area contributed by atoms with Crippen LogP contribution in [0.4, 0.5) is 17.2 Å². The van der Waals surface area contributed by atoms with Crippen molar-refractivity contribution in [1.82, 2.24) is 14.5 Å². The van der Waals surface area contributed by atoms with Gasteiger partial charge in [-0.15, -0.1) is 0 Å². The Hall–Kier alpha value is -5.36. The number of rotatable bonds is 6. The van der Waals surface area contributed by atoms with Crippen molar-refractivity contribution in [2.24, 2.45) is 0 Å². The summed E-state index contributed by atoms with van der Waals surface area (Å²) in [7, 11) is 0. The first-order valence-corrected chi connectivity index (χ1v) is 12.3. The molecule has 0 saturated carbocycles. The van der Waals surface area contributed by atoms with Crippen LogP contribution in [0.2, 0.25) is 0 Å². The van der Waals surface area contributed by atoms with E-state index in [2.05, 4.69) is 39.1 Å². The maximum Gasteiger partial charge on any atom is 0.178 e. The summed E-state index contributed by atoms with van der Waals surface area (Å²) >= 11 is 0. The quantitative estimate of drug-likeness (QED) is 0.232. The fourth-order valence-corrected chi connectivity index (χ4v) is 4.71. The van der Waals surface area contributed by atoms with Crippen LogP contribution >= 0.6 is 0 Å². The molecule has 0 radical (unpaired) electrons. The van der Waals surface area contributed by atoms with Crippen LogP contribution in [0.1, 0.15) is 0 Å². The third-order valence-electron chi connectivity index (χ3n) is 6.43. The molecule has 38 heavy (non-hydrogen) atoms. The van der Waals surface area contributed by atoms with Crippen LogP contribution in [0.25, 0.3) is 27.6 Å². The van der Waals surface area contributed by atoms with E-state index >= 15 is 0 Å². The molecule has 0 aliphatic rings. The van der Waals surface area contributed by atoms with Gasteiger partial charge in [-0.1, -0.05) is 48.5 Å². The van der Waals surface area contributed by atoms with Crippen LogP contribution in [-0.2, 0) is 0 Å². The second-order valence-corrected chi connectivity index (χ2v) is 8.85. The van der Waals surface area contributed by atoms with Crippen molar-refractivity contribution < 1.29 is 9.15 Å². The normalized spacial score (nSPS) is 11.2. The highest BCUT2D eigenvalue weighted by molar-refractivity contribution is 6.08. The highest BCUT2D eigenvalue weighted by Crippen LogP contribution is 2.43. The zero-order valence-electron chi connectivity index (χ0n) is 20.3. The average molecular weight is 495 g/mol. The molecule has 7 rings (SSSR count). The van der Waals surface area contributed by atoms with Crippen LogP contribution in [-0.4, -0.2) is 14.5 Å². The van der Waals surface area contributed by atoms with Gasteiger partial charge in [0.2, 0.25) is 0 Å². The van der Waals surface area contributed by atoms with E-state index in [4.69, 9.17) is 9.15 Å². The number of hydrogen-bond donors (Lipinski definition) is 0. The van der Waals surface area contributed by atoms with E-state index in [-0.39, 0.29) is 0 Å². The molecule has 3 aromatic heterocycles. The predicted molar refractivity (Wildman–Crippen MR) is 150 cm³/mol. The summed E-state index contributed by atoms with van der Waals surface area (Å²) in [5.74, 6) is 2.12. The van der Waals surface area contributed by atoms with Gasteiger partial charge in [0.1, 0.15) is 17.2 Å². The number of nitrogens with zero attached hydrogens (tertiary/aromatic N) is 4. The van der Waals surface area contributed by atoms with Gasteiger partial charge in [0.25, 0.3) is 0 Å². The second kappa shape index (κ2) is 9.26. The molecule has 182 valence electrons. The van der Waals surface area contributed by atoms with E-state index in [0.717, 1.165) is 39.2 Å². The molecule has 0 amide bonds. The number of anilines is 3. The van der Waals surface area contributed by atoms with E-state index in [0.29, 0.717) is 17.1 Å². The lowest BCUT2D eigenvalue weighted by atomic mass is 10.1. The fourth-order valence-electron chi connectivity index (χ4n) is 4.71. The van der Waals surface area contributed by atoms with Crippen molar-refractivity contribution in [1.29, 1.82) is 0 Å². The number of pyridine rings is 1. The van der Waals surface area contributed by atoms with E-state index in [1.54, 1.807) is 18.7 Å². The first-order valence-electron chi connectivity index (χ1n) is 12.3. The Bertz CT molecular complexity index is 1810. The van der Waals surface area contributed by atoms with Crippen molar-refractivity contribution in [2.45, 2.75) is 0 Å². The molecule has 0 unspecified atom stereocenters. The predicted octanol–water partition coefficient (Wildman–Crippen LogP) is 8.43. The molecule has 7 aromatic rings. The van der Waals surface area contributed by atoms with Gasteiger partial charge in [0.15, 0.2) is 11.3 Å². The summed E-state index contributed by atoms with van der Waals surface area (Å²) in [4.78, 5) is 11.0. The molecule has 0 saturated heterocycles. The molecule has 0 atom stereocenters. The van der Waals surface area contributed by atoms with Crippen LogP contribution < -0.4 is 9.64 Å². The molecule has 6 nitrogen and oxygen atoms in total. The van der Waals surface area contributed by atoms with Gasteiger partial charge in [-0.25, -0.2) is 9.97 Å². The maximum atomic E-state index is 6.55. The second-order valence-electron chi connectivity index (χ2n) is 8.85. The number of hydrogen-bond acceptors (Lipinski definition) is 5. The number of benzene rings is 4. The Morgan fingerprint density at radius 3 is 2.42 bits per heavy atom. The van der Waals surface area contributed by atoms with Crippen LogP contribution in [0.3, 0.4) is 0 Å². The van der Waals surface area contributed by atoms with Crippen LogP contribution in [0, 0.1) is 0 Å². The van der Waals surface area contributed by atoms with E-state index in [9.17, 15) is 0 Å². The highest BCUT2D eigenvalue weighted by atomic mass is 16.5.